The number of thiazole rings is 1. The van der Waals surface area contributed by atoms with Crippen molar-refractivity contribution in [1.29, 1.82) is 0 Å². The van der Waals surface area contributed by atoms with Crippen molar-refractivity contribution in [3.05, 3.63) is 40.3 Å². The minimum Gasteiger partial charge on any atom is -0.463 e. The van der Waals surface area contributed by atoms with Crippen LogP contribution < -0.4 is 4.74 Å². The number of likely N-dealkylation sites (tertiary alicyclic amines) is 1. The molecule has 7 nitrogen and oxygen atoms in total. The zero-order valence-electron chi connectivity index (χ0n) is 13.7. The van der Waals surface area contributed by atoms with Gasteiger partial charge in [0, 0.05) is 23.0 Å². The molecule has 1 amide bonds. The number of fused-ring (bicyclic) bond motifs is 1. The summed E-state index contributed by atoms with van der Waals surface area (Å²) in [6.07, 6.45) is 1.71. The van der Waals surface area contributed by atoms with E-state index in [0.717, 1.165) is 11.4 Å². The van der Waals surface area contributed by atoms with Crippen LogP contribution in [0.3, 0.4) is 0 Å². The summed E-state index contributed by atoms with van der Waals surface area (Å²) in [6, 6.07) is 1.95. The van der Waals surface area contributed by atoms with Crippen molar-refractivity contribution < 1.29 is 9.53 Å². The SMILES string of the molecule is Cc1cc(C)n2nc(C)c(C(=O)N3CC(Oc4nccs4)C3)c2n1. The Hall–Kier alpha value is -2.48. The number of hydrogen-bond donors (Lipinski definition) is 0. The van der Waals surface area contributed by atoms with E-state index in [-0.39, 0.29) is 12.0 Å². The molecule has 0 aromatic carbocycles. The highest BCUT2D eigenvalue weighted by Crippen LogP contribution is 2.24. The highest BCUT2D eigenvalue weighted by Gasteiger charge is 2.35. The molecule has 8 heteroatoms. The number of aromatic nitrogens is 4. The number of aryl methyl sites for hydroxylation is 3. The van der Waals surface area contributed by atoms with E-state index in [1.54, 1.807) is 15.6 Å². The van der Waals surface area contributed by atoms with Crippen molar-refractivity contribution in [2.45, 2.75) is 26.9 Å². The van der Waals surface area contributed by atoms with Crippen molar-refractivity contribution >= 4 is 22.9 Å². The van der Waals surface area contributed by atoms with Gasteiger partial charge in [0.05, 0.1) is 18.8 Å². The zero-order valence-corrected chi connectivity index (χ0v) is 14.5. The molecule has 1 aliphatic rings. The second-order valence-electron chi connectivity index (χ2n) is 5.98. The number of hydrogen-bond acceptors (Lipinski definition) is 6. The molecule has 0 atom stereocenters. The van der Waals surface area contributed by atoms with Crippen molar-refractivity contribution in [1.82, 2.24) is 24.5 Å². The Balaban J connectivity index is 1.55. The van der Waals surface area contributed by atoms with Gasteiger partial charge in [0.15, 0.2) is 5.65 Å². The van der Waals surface area contributed by atoms with Crippen LogP contribution in [0.4, 0.5) is 0 Å². The Labute approximate surface area is 142 Å². The molecule has 3 aromatic rings. The number of amides is 1. The largest absolute Gasteiger partial charge is 0.463 e. The number of carbonyl (C=O) groups is 1. The second kappa shape index (κ2) is 5.55. The lowest BCUT2D eigenvalue weighted by atomic mass is 10.1. The molecule has 0 spiro atoms. The summed E-state index contributed by atoms with van der Waals surface area (Å²) < 4.78 is 7.46. The minimum absolute atomic E-state index is 0.00123. The van der Waals surface area contributed by atoms with Crippen LogP contribution in [-0.2, 0) is 0 Å². The molecular weight excluding hydrogens is 326 g/mol. The Morgan fingerprint density at radius 3 is 2.83 bits per heavy atom. The lowest BCUT2D eigenvalue weighted by Crippen LogP contribution is -2.56. The predicted molar refractivity (Wildman–Crippen MR) is 89.6 cm³/mol. The lowest BCUT2D eigenvalue weighted by molar-refractivity contribution is 0.0178. The van der Waals surface area contributed by atoms with E-state index in [0.29, 0.717) is 35.2 Å². The molecule has 4 heterocycles. The van der Waals surface area contributed by atoms with Gasteiger partial charge >= 0.3 is 0 Å². The van der Waals surface area contributed by atoms with E-state index >= 15 is 0 Å². The molecular formula is C16H17N5O2S. The number of nitrogens with zero attached hydrogens (tertiary/aromatic N) is 5. The molecule has 3 aromatic heterocycles. The van der Waals surface area contributed by atoms with Crippen LogP contribution in [0.15, 0.2) is 17.6 Å². The first-order valence-electron chi connectivity index (χ1n) is 7.72. The van der Waals surface area contributed by atoms with E-state index in [1.807, 2.05) is 32.2 Å². The van der Waals surface area contributed by atoms with Crippen LogP contribution in [0.5, 0.6) is 5.19 Å². The number of ether oxygens (including phenoxy) is 1. The molecule has 1 fully saturated rings. The summed E-state index contributed by atoms with van der Waals surface area (Å²) in [6.45, 7) is 6.84. The molecule has 124 valence electrons. The first-order chi connectivity index (χ1) is 11.5. The lowest BCUT2D eigenvalue weighted by Gasteiger charge is -2.38. The first-order valence-corrected chi connectivity index (χ1v) is 8.60. The molecule has 0 N–H and O–H groups in total. The Bertz CT molecular complexity index is 912. The third-order valence-electron chi connectivity index (χ3n) is 4.10. The Kier molecular flexibility index (Phi) is 3.49. The topological polar surface area (TPSA) is 72.6 Å². The van der Waals surface area contributed by atoms with Gasteiger partial charge in [0.25, 0.3) is 11.1 Å². The monoisotopic (exact) mass is 343 g/mol. The summed E-state index contributed by atoms with van der Waals surface area (Å²) >= 11 is 1.46. The quantitative estimate of drug-likeness (QED) is 0.727. The normalized spacial score (nSPS) is 14.9. The van der Waals surface area contributed by atoms with Crippen LogP contribution in [-0.4, -0.2) is 49.6 Å². The van der Waals surface area contributed by atoms with Gasteiger partial charge in [-0.2, -0.15) is 5.10 Å². The Morgan fingerprint density at radius 2 is 2.12 bits per heavy atom. The minimum atomic E-state index is -0.0426. The number of carbonyl (C=O) groups excluding carboxylic acids is 1. The van der Waals surface area contributed by atoms with Crippen LogP contribution in [0.1, 0.15) is 27.4 Å². The fraction of sp³-hybridized carbons (Fsp3) is 0.375. The first kappa shape index (κ1) is 15.1. The number of rotatable bonds is 3. The molecule has 0 radical (unpaired) electrons. The third kappa shape index (κ3) is 2.43. The van der Waals surface area contributed by atoms with Crippen molar-refractivity contribution in [2.24, 2.45) is 0 Å². The predicted octanol–water partition coefficient (Wildman–Crippen LogP) is 2.01. The zero-order chi connectivity index (χ0) is 16.8. The van der Waals surface area contributed by atoms with Crippen LogP contribution >= 0.6 is 11.3 Å². The molecule has 0 unspecified atom stereocenters. The molecule has 0 saturated carbocycles. The van der Waals surface area contributed by atoms with E-state index < -0.39 is 0 Å². The second-order valence-corrected chi connectivity index (χ2v) is 6.84. The van der Waals surface area contributed by atoms with Crippen molar-refractivity contribution in [3.8, 4) is 5.19 Å². The van der Waals surface area contributed by atoms with Gasteiger partial charge in [0.1, 0.15) is 11.7 Å². The van der Waals surface area contributed by atoms with Gasteiger partial charge in [-0.25, -0.2) is 14.5 Å². The molecule has 24 heavy (non-hydrogen) atoms. The molecule has 0 aliphatic carbocycles. The van der Waals surface area contributed by atoms with Crippen molar-refractivity contribution in [2.75, 3.05) is 13.1 Å². The average molecular weight is 343 g/mol. The van der Waals surface area contributed by atoms with Gasteiger partial charge in [-0.1, -0.05) is 11.3 Å². The van der Waals surface area contributed by atoms with Crippen LogP contribution in [0.25, 0.3) is 5.65 Å². The van der Waals surface area contributed by atoms with Crippen LogP contribution in [0, 0.1) is 20.8 Å². The molecule has 4 rings (SSSR count). The maximum absolute atomic E-state index is 12.9. The summed E-state index contributed by atoms with van der Waals surface area (Å²) in [5.41, 5.74) is 3.75. The summed E-state index contributed by atoms with van der Waals surface area (Å²) in [5.74, 6) is -0.0426. The molecule has 1 saturated heterocycles. The summed E-state index contributed by atoms with van der Waals surface area (Å²) in [7, 11) is 0. The van der Waals surface area contributed by atoms with E-state index in [9.17, 15) is 4.79 Å². The highest BCUT2D eigenvalue weighted by atomic mass is 32.1. The fourth-order valence-corrected chi connectivity index (χ4v) is 3.48. The van der Waals surface area contributed by atoms with E-state index in [2.05, 4.69) is 15.1 Å². The highest BCUT2D eigenvalue weighted by molar-refractivity contribution is 7.11. The van der Waals surface area contributed by atoms with Gasteiger partial charge in [-0.3, -0.25) is 4.79 Å². The Morgan fingerprint density at radius 1 is 1.33 bits per heavy atom. The maximum Gasteiger partial charge on any atom is 0.273 e. The van der Waals surface area contributed by atoms with Gasteiger partial charge in [0.2, 0.25) is 0 Å². The van der Waals surface area contributed by atoms with E-state index in [1.165, 1.54) is 11.3 Å². The van der Waals surface area contributed by atoms with Gasteiger partial charge in [-0.15, -0.1) is 0 Å². The smallest absolute Gasteiger partial charge is 0.273 e. The van der Waals surface area contributed by atoms with Gasteiger partial charge in [-0.05, 0) is 26.8 Å². The van der Waals surface area contributed by atoms with Crippen molar-refractivity contribution in [3.63, 3.8) is 0 Å². The molecule has 0 bridgehead atoms. The van der Waals surface area contributed by atoms with Gasteiger partial charge < -0.3 is 9.64 Å². The summed E-state index contributed by atoms with van der Waals surface area (Å²) in [5, 5.41) is 6.98. The maximum atomic E-state index is 12.9. The third-order valence-corrected chi connectivity index (χ3v) is 4.76. The fourth-order valence-electron chi connectivity index (χ4n) is 2.93. The van der Waals surface area contributed by atoms with Crippen LogP contribution in [0.2, 0.25) is 0 Å². The molecule has 1 aliphatic heterocycles. The standard InChI is InChI=1S/C16H17N5O2S/c1-9-6-10(2)21-14(18-9)13(11(3)19-21)15(22)20-7-12(8-20)23-16-17-4-5-24-16/h4-6,12H,7-8H2,1-3H3. The average Bonchev–Trinajstić information content (AvgIpc) is 3.09. The van der Waals surface area contributed by atoms with E-state index in [4.69, 9.17) is 4.74 Å². The summed E-state index contributed by atoms with van der Waals surface area (Å²) in [4.78, 5) is 23.2.